The Morgan fingerprint density at radius 3 is 2.27 bits per heavy atom. The van der Waals surface area contributed by atoms with Gasteiger partial charge < -0.3 is 4.74 Å². The second kappa shape index (κ2) is 12.2. The quantitative estimate of drug-likeness (QED) is 0.149. The summed E-state index contributed by atoms with van der Waals surface area (Å²) in [4.78, 5) is 4.63. The van der Waals surface area contributed by atoms with Crippen molar-refractivity contribution < 1.29 is 22.3 Å². The van der Waals surface area contributed by atoms with Crippen molar-refractivity contribution >= 4 is 10.8 Å². The SMILES string of the molecule is CCCCCCc1ccc(-c2ccc3c(F)c(CCc4ccc(OCC(F)(F)F)cc4)ccc3c2)nc1. The summed E-state index contributed by atoms with van der Waals surface area (Å²) in [6.45, 7) is 0.884. The van der Waals surface area contributed by atoms with E-state index in [2.05, 4.69) is 18.0 Å². The first kappa shape index (κ1) is 26.6. The topological polar surface area (TPSA) is 22.1 Å². The van der Waals surface area contributed by atoms with Crippen molar-refractivity contribution in [3.8, 4) is 17.0 Å². The summed E-state index contributed by atoms with van der Waals surface area (Å²) in [5, 5.41) is 1.38. The molecule has 3 aromatic carbocycles. The van der Waals surface area contributed by atoms with Gasteiger partial charge in [0.2, 0.25) is 0 Å². The molecule has 0 saturated heterocycles. The Labute approximate surface area is 215 Å². The van der Waals surface area contributed by atoms with Gasteiger partial charge in [0.05, 0.1) is 5.69 Å². The fraction of sp³-hybridized carbons (Fsp3) is 0.323. The molecule has 0 bridgehead atoms. The number of benzene rings is 3. The van der Waals surface area contributed by atoms with Crippen LogP contribution in [0.1, 0.15) is 49.3 Å². The lowest BCUT2D eigenvalue weighted by molar-refractivity contribution is -0.153. The molecule has 0 radical (unpaired) electrons. The number of ether oxygens (including phenoxy) is 1. The molecule has 1 aromatic heterocycles. The molecule has 1 heterocycles. The monoisotopic (exact) mass is 509 g/mol. The number of aryl methyl sites for hydroxylation is 3. The Hall–Kier alpha value is -3.41. The van der Waals surface area contributed by atoms with Crippen LogP contribution in [0.4, 0.5) is 17.6 Å². The standard InChI is InChI=1S/C31H31F4NO/c1-2-3-4-5-6-23-10-18-29(36-20-23)26-14-17-28-25(19-26)13-12-24(30(28)32)11-7-22-8-15-27(16-9-22)37-21-31(33,34)35/h8-10,12-20H,2-7,11,21H2,1H3. The highest BCUT2D eigenvalue weighted by Gasteiger charge is 2.28. The first-order valence-electron chi connectivity index (χ1n) is 12.8. The van der Waals surface area contributed by atoms with E-state index in [1.165, 1.54) is 43.4 Å². The maximum Gasteiger partial charge on any atom is 0.422 e. The first-order valence-corrected chi connectivity index (χ1v) is 12.8. The van der Waals surface area contributed by atoms with Gasteiger partial charge in [-0.15, -0.1) is 0 Å². The minimum Gasteiger partial charge on any atom is -0.484 e. The van der Waals surface area contributed by atoms with Crippen LogP contribution >= 0.6 is 0 Å². The van der Waals surface area contributed by atoms with Crippen LogP contribution in [0.25, 0.3) is 22.0 Å². The van der Waals surface area contributed by atoms with Gasteiger partial charge in [0, 0.05) is 17.1 Å². The molecule has 2 nitrogen and oxygen atoms in total. The molecule has 0 spiro atoms. The van der Waals surface area contributed by atoms with E-state index in [9.17, 15) is 13.2 Å². The van der Waals surface area contributed by atoms with Crippen LogP contribution in [0.3, 0.4) is 0 Å². The number of rotatable bonds is 11. The van der Waals surface area contributed by atoms with Crippen molar-refractivity contribution in [1.82, 2.24) is 4.98 Å². The van der Waals surface area contributed by atoms with Gasteiger partial charge >= 0.3 is 6.18 Å². The zero-order chi connectivity index (χ0) is 26.3. The van der Waals surface area contributed by atoms with E-state index in [1.54, 1.807) is 24.3 Å². The average Bonchev–Trinajstić information content (AvgIpc) is 2.90. The molecule has 4 rings (SSSR count). The van der Waals surface area contributed by atoms with E-state index >= 15 is 4.39 Å². The molecule has 0 aliphatic carbocycles. The third-order valence-corrected chi connectivity index (χ3v) is 6.48. The molecule has 194 valence electrons. The number of fused-ring (bicyclic) bond motifs is 1. The van der Waals surface area contributed by atoms with Crippen molar-refractivity contribution in [3.63, 3.8) is 0 Å². The summed E-state index contributed by atoms with van der Waals surface area (Å²) < 4.78 is 56.9. The number of pyridine rings is 1. The van der Waals surface area contributed by atoms with E-state index in [0.717, 1.165) is 28.6 Å². The predicted octanol–water partition coefficient (Wildman–Crippen LogP) is 8.89. The lowest BCUT2D eigenvalue weighted by atomic mass is 9.98. The highest BCUT2D eigenvalue weighted by molar-refractivity contribution is 5.88. The molecule has 0 N–H and O–H groups in total. The van der Waals surface area contributed by atoms with Crippen molar-refractivity contribution in [2.24, 2.45) is 0 Å². The maximum atomic E-state index is 15.3. The van der Waals surface area contributed by atoms with Gasteiger partial charge in [-0.2, -0.15) is 13.2 Å². The van der Waals surface area contributed by atoms with Crippen LogP contribution in [-0.4, -0.2) is 17.8 Å². The zero-order valence-electron chi connectivity index (χ0n) is 21.0. The first-order chi connectivity index (χ1) is 17.8. The number of hydrogen-bond acceptors (Lipinski definition) is 2. The average molecular weight is 510 g/mol. The molecular weight excluding hydrogens is 478 g/mol. The Kier molecular flexibility index (Phi) is 8.80. The van der Waals surface area contributed by atoms with Crippen molar-refractivity contribution in [2.45, 2.75) is 58.0 Å². The molecule has 4 aromatic rings. The highest BCUT2D eigenvalue weighted by Crippen LogP contribution is 2.28. The fourth-order valence-corrected chi connectivity index (χ4v) is 4.38. The Bertz CT molecular complexity index is 1300. The second-order valence-corrected chi connectivity index (χ2v) is 9.38. The molecule has 0 unspecified atom stereocenters. The van der Waals surface area contributed by atoms with Gasteiger partial charge in [-0.05, 0) is 72.0 Å². The number of nitrogens with zero attached hydrogens (tertiary/aromatic N) is 1. The Morgan fingerprint density at radius 1 is 0.784 bits per heavy atom. The highest BCUT2D eigenvalue weighted by atomic mass is 19.4. The molecule has 0 saturated carbocycles. The summed E-state index contributed by atoms with van der Waals surface area (Å²) >= 11 is 0. The number of halogens is 4. The van der Waals surface area contributed by atoms with Gasteiger partial charge in [-0.1, -0.05) is 68.7 Å². The minimum absolute atomic E-state index is 0.157. The number of alkyl halides is 3. The number of aromatic nitrogens is 1. The summed E-state index contributed by atoms with van der Waals surface area (Å²) in [5.74, 6) is -0.0885. The molecule has 37 heavy (non-hydrogen) atoms. The largest absolute Gasteiger partial charge is 0.484 e. The fourth-order valence-electron chi connectivity index (χ4n) is 4.38. The second-order valence-electron chi connectivity index (χ2n) is 9.38. The normalized spacial score (nSPS) is 11.7. The van der Waals surface area contributed by atoms with E-state index in [0.29, 0.717) is 23.8 Å². The lowest BCUT2D eigenvalue weighted by Gasteiger charge is -2.11. The van der Waals surface area contributed by atoms with Crippen LogP contribution < -0.4 is 4.74 Å². The zero-order valence-corrected chi connectivity index (χ0v) is 21.0. The summed E-state index contributed by atoms with van der Waals surface area (Å²) in [6, 6.07) is 20.0. The van der Waals surface area contributed by atoms with Gasteiger partial charge in [0.1, 0.15) is 11.6 Å². The summed E-state index contributed by atoms with van der Waals surface area (Å²) in [7, 11) is 0. The summed E-state index contributed by atoms with van der Waals surface area (Å²) in [6.07, 6.45) is 4.54. The Morgan fingerprint density at radius 2 is 1.57 bits per heavy atom. The number of unbranched alkanes of at least 4 members (excludes halogenated alkanes) is 3. The van der Waals surface area contributed by atoms with Crippen molar-refractivity contribution in [2.75, 3.05) is 6.61 Å². The molecule has 0 amide bonds. The van der Waals surface area contributed by atoms with E-state index < -0.39 is 12.8 Å². The van der Waals surface area contributed by atoms with Gasteiger partial charge in [0.15, 0.2) is 6.61 Å². The smallest absolute Gasteiger partial charge is 0.422 e. The minimum atomic E-state index is -4.37. The maximum absolute atomic E-state index is 15.3. The molecule has 0 atom stereocenters. The van der Waals surface area contributed by atoms with Crippen LogP contribution in [0.5, 0.6) is 5.75 Å². The number of hydrogen-bond donors (Lipinski definition) is 0. The van der Waals surface area contributed by atoms with Crippen LogP contribution in [-0.2, 0) is 19.3 Å². The van der Waals surface area contributed by atoms with Crippen molar-refractivity contribution in [1.29, 1.82) is 0 Å². The third kappa shape index (κ3) is 7.54. The van der Waals surface area contributed by atoms with E-state index in [4.69, 9.17) is 4.74 Å². The Balaban J connectivity index is 1.39. The van der Waals surface area contributed by atoms with Crippen molar-refractivity contribution in [3.05, 3.63) is 95.4 Å². The molecular formula is C31H31F4NO. The molecule has 0 aliphatic rings. The lowest BCUT2D eigenvalue weighted by Crippen LogP contribution is -2.19. The summed E-state index contributed by atoms with van der Waals surface area (Å²) in [5.41, 5.74) is 4.55. The van der Waals surface area contributed by atoms with E-state index in [1.807, 2.05) is 30.5 Å². The van der Waals surface area contributed by atoms with Gasteiger partial charge in [-0.25, -0.2) is 4.39 Å². The third-order valence-electron chi connectivity index (χ3n) is 6.48. The predicted molar refractivity (Wildman–Crippen MR) is 140 cm³/mol. The van der Waals surface area contributed by atoms with E-state index in [-0.39, 0.29) is 11.6 Å². The molecule has 0 fully saturated rings. The van der Waals surface area contributed by atoms with Gasteiger partial charge in [-0.3, -0.25) is 4.98 Å². The molecule has 6 heteroatoms. The van der Waals surface area contributed by atoms with Gasteiger partial charge in [0.25, 0.3) is 0 Å². The molecule has 0 aliphatic heterocycles. The van der Waals surface area contributed by atoms with Crippen LogP contribution in [0, 0.1) is 5.82 Å². The van der Waals surface area contributed by atoms with Crippen LogP contribution in [0.2, 0.25) is 0 Å². The van der Waals surface area contributed by atoms with Crippen LogP contribution in [0.15, 0.2) is 72.9 Å².